The SMILES string of the molecule is Cc1nnc2n1CC(C(=O)O)N(CCOc1ccccc1Cl)C2. The second-order valence-electron chi connectivity index (χ2n) is 5.38. The molecule has 0 fully saturated rings. The second kappa shape index (κ2) is 6.55. The van der Waals surface area contributed by atoms with E-state index >= 15 is 0 Å². The van der Waals surface area contributed by atoms with Crippen molar-refractivity contribution in [2.75, 3.05) is 13.2 Å². The van der Waals surface area contributed by atoms with E-state index in [0.717, 1.165) is 11.6 Å². The van der Waals surface area contributed by atoms with Crippen molar-refractivity contribution in [3.05, 3.63) is 40.9 Å². The zero-order chi connectivity index (χ0) is 16.4. The monoisotopic (exact) mass is 336 g/mol. The number of para-hydroxylation sites is 1. The van der Waals surface area contributed by atoms with Gasteiger partial charge in [-0.3, -0.25) is 9.69 Å². The minimum atomic E-state index is -0.860. The van der Waals surface area contributed by atoms with Crippen LogP contribution in [-0.4, -0.2) is 49.9 Å². The quantitative estimate of drug-likeness (QED) is 0.893. The summed E-state index contributed by atoms with van der Waals surface area (Å²) in [4.78, 5) is 13.4. The molecule has 0 saturated carbocycles. The molecule has 1 atom stereocenters. The summed E-state index contributed by atoms with van der Waals surface area (Å²) in [5.74, 6) is 1.24. The van der Waals surface area contributed by atoms with Crippen molar-refractivity contribution in [2.24, 2.45) is 0 Å². The van der Waals surface area contributed by atoms with Crippen LogP contribution in [-0.2, 0) is 17.9 Å². The zero-order valence-electron chi connectivity index (χ0n) is 12.6. The van der Waals surface area contributed by atoms with Crippen molar-refractivity contribution in [1.82, 2.24) is 19.7 Å². The van der Waals surface area contributed by atoms with E-state index in [0.29, 0.717) is 37.0 Å². The second-order valence-corrected chi connectivity index (χ2v) is 5.78. The van der Waals surface area contributed by atoms with Crippen molar-refractivity contribution >= 4 is 17.6 Å². The van der Waals surface area contributed by atoms with Gasteiger partial charge in [0.15, 0.2) is 0 Å². The summed E-state index contributed by atoms with van der Waals surface area (Å²) >= 11 is 6.04. The molecule has 1 N–H and O–H groups in total. The van der Waals surface area contributed by atoms with Crippen molar-refractivity contribution in [3.63, 3.8) is 0 Å². The lowest BCUT2D eigenvalue weighted by Gasteiger charge is -2.33. The van der Waals surface area contributed by atoms with Crippen LogP contribution in [0.4, 0.5) is 0 Å². The van der Waals surface area contributed by atoms with Crippen molar-refractivity contribution in [2.45, 2.75) is 26.1 Å². The first kappa shape index (κ1) is 15.8. The Hall–Kier alpha value is -2.12. The number of halogens is 1. The Balaban J connectivity index is 1.66. The molecular weight excluding hydrogens is 320 g/mol. The molecule has 3 rings (SSSR count). The van der Waals surface area contributed by atoms with Gasteiger partial charge in [-0.1, -0.05) is 23.7 Å². The maximum atomic E-state index is 11.5. The lowest BCUT2D eigenvalue weighted by molar-refractivity contribution is -0.145. The molecule has 0 amide bonds. The highest BCUT2D eigenvalue weighted by Gasteiger charge is 2.33. The molecule has 0 radical (unpaired) electrons. The Morgan fingerprint density at radius 3 is 2.96 bits per heavy atom. The van der Waals surface area contributed by atoms with Crippen molar-refractivity contribution < 1.29 is 14.6 Å². The number of benzene rings is 1. The number of aliphatic carboxylic acids is 1. The molecule has 2 aromatic rings. The molecule has 0 bridgehead atoms. The van der Waals surface area contributed by atoms with Gasteiger partial charge in [-0.15, -0.1) is 10.2 Å². The van der Waals surface area contributed by atoms with Gasteiger partial charge >= 0.3 is 5.97 Å². The van der Waals surface area contributed by atoms with Gasteiger partial charge in [-0.25, -0.2) is 0 Å². The van der Waals surface area contributed by atoms with E-state index in [9.17, 15) is 9.90 Å². The van der Waals surface area contributed by atoms with Crippen molar-refractivity contribution in [3.8, 4) is 5.75 Å². The van der Waals surface area contributed by atoms with Gasteiger partial charge in [-0.2, -0.15) is 0 Å². The first-order valence-electron chi connectivity index (χ1n) is 7.29. The Morgan fingerprint density at radius 2 is 2.22 bits per heavy atom. The molecule has 23 heavy (non-hydrogen) atoms. The number of rotatable bonds is 5. The molecule has 0 aliphatic carbocycles. The molecule has 7 nitrogen and oxygen atoms in total. The van der Waals surface area contributed by atoms with Crippen LogP contribution >= 0.6 is 11.6 Å². The fourth-order valence-corrected chi connectivity index (χ4v) is 2.85. The number of hydrogen-bond donors (Lipinski definition) is 1. The average Bonchev–Trinajstić information content (AvgIpc) is 2.89. The number of ether oxygens (including phenoxy) is 1. The van der Waals surface area contributed by atoms with Gasteiger partial charge in [0.25, 0.3) is 0 Å². The summed E-state index contributed by atoms with van der Waals surface area (Å²) in [6.07, 6.45) is 0. The maximum Gasteiger partial charge on any atom is 0.322 e. The van der Waals surface area contributed by atoms with Crippen LogP contribution in [0.2, 0.25) is 5.02 Å². The Labute approximate surface area is 138 Å². The number of carboxylic acids is 1. The highest BCUT2D eigenvalue weighted by Crippen LogP contribution is 2.23. The topological polar surface area (TPSA) is 80.5 Å². The highest BCUT2D eigenvalue weighted by atomic mass is 35.5. The van der Waals surface area contributed by atoms with E-state index in [2.05, 4.69) is 10.2 Å². The predicted octanol–water partition coefficient (Wildman–Crippen LogP) is 1.59. The Morgan fingerprint density at radius 1 is 1.43 bits per heavy atom. The number of carboxylic acid groups (broad SMARTS) is 1. The van der Waals surface area contributed by atoms with Gasteiger partial charge in [-0.05, 0) is 19.1 Å². The normalized spacial score (nSPS) is 17.7. The Bertz CT molecular complexity index is 718. The van der Waals surface area contributed by atoms with Gasteiger partial charge in [0.1, 0.15) is 30.0 Å². The molecule has 1 aromatic heterocycles. The van der Waals surface area contributed by atoms with Crippen molar-refractivity contribution in [1.29, 1.82) is 0 Å². The summed E-state index contributed by atoms with van der Waals surface area (Å²) in [6, 6.07) is 6.59. The summed E-state index contributed by atoms with van der Waals surface area (Å²) < 4.78 is 7.50. The zero-order valence-corrected chi connectivity index (χ0v) is 13.4. The van der Waals surface area contributed by atoms with Crippen LogP contribution in [0, 0.1) is 6.92 Å². The number of carbonyl (C=O) groups is 1. The first-order valence-corrected chi connectivity index (χ1v) is 7.67. The van der Waals surface area contributed by atoms with Crippen LogP contribution in [0.5, 0.6) is 5.75 Å². The van der Waals surface area contributed by atoms with E-state index in [1.54, 1.807) is 12.1 Å². The van der Waals surface area contributed by atoms with Crippen LogP contribution in [0.25, 0.3) is 0 Å². The summed E-state index contributed by atoms with van der Waals surface area (Å²) in [5, 5.41) is 18.1. The van der Waals surface area contributed by atoms with Crippen LogP contribution in [0.1, 0.15) is 11.6 Å². The summed E-state index contributed by atoms with van der Waals surface area (Å²) in [6.45, 7) is 3.42. The van der Waals surface area contributed by atoms with E-state index in [1.165, 1.54) is 0 Å². The van der Waals surface area contributed by atoms with Crippen LogP contribution < -0.4 is 4.74 Å². The van der Waals surface area contributed by atoms with E-state index in [-0.39, 0.29) is 0 Å². The standard InChI is InChI=1S/C15H17ClN4O3/c1-10-17-18-14-9-19(12(15(21)22)8-20(10)14)6-7-23-13-5-3-2-4-11(13)16/h2-5,12H,6-9H2,1H3,(H,21,22). The van der Waals surface area contributed by atoms with E-state index < -0.39 is 12.0 Å². The third kappa shape index (κ3) is 3.30. The predicted molar refractivity (Wildman–Crippen MR) is 83.5 cm³/mol. The number of aryl methyl sites for hydroxylation is 1. The lowest BCUT2D eigenvalue weighted by atomic mass is 10.2. The number of aromatic nitrogens is 3. The molecular formula is C15H17ClN4O3. The van der Waals surface area contributed by atoms with Gasteiger partial charge in [0.2, 0.25) is 0 Å². The smallest absolute Gasteiger partial charge is 0.322 e. The molecule has 1 aromatic carbocycles. The summed E-state index contributed by atoms with van der Waals surface area (Å²) in [7, 11) is 0. The van der Waals surface area contributed by atoms with Gasteiger partial charge in [0.05, 0.1) is 18.1 Å². The van der Waals surface area contributed by atoms with E-state index in [4.69, 9.17) is 16.3 Å². The molecule has 0 spiro atoms. The fraction of sp³-hybridized carbons (Fsp3) is 0.400. The minimum Gasteiger partial charge on any atom is -0.491 e. The van der Waals surface area contributed by atoms with Gasteiger partial charge in [0, 0.05) is 6.54 Å². The molecule has 0 saturated heterocycles. The first-order chi connectivity index (χ1) is 11.1. The maximum absolute atomic E-state index is 11.5. The number of fused-ring (bicyclic) bond motifs is 1. The molecule has 8 heteroatoms. The van der Waals surface area contributed by atoms with E-state index in [1.807, 2.05) is 28.5 Å². The van der Waals surface area contributed by atoms with Crippen LogP contribution in [0.15, 0.2) is 24.3 Å². The van der Waals surface area contributed by atoms with Crippen LogP contribution in [0.3, 0.4) is 0 Å². The Kier molecular flexibility index (Phi) is 4.49. The molecule has 1 unspecified atom stereocenters. The average molecular weight is 337 g/mol. The third-order valence-corrected chi connectivity index (χ3v) is 4.22. The molecule has 122 valence electrons. The summed E-state index contributed by atoms with van der Waals surface area (Å²) in [5.41, 5.74) is 0. The molecule has 1 aliphatic rings. The number of hydrogen-bond acceptors (Lipinski definition) is 5. The number of nitrogens with zero attached hydrogens (tertiary/aromatic N) is 4. The molecule has 1 aliphatic heterocycles. The molecule has 2 heterocycles. The minimum absolute atomic E-state index is 0.343. The highest BCUT2D eigenvalue weighted by molar-refractivity contribution is 6.32. The third-order valence-electron chi connectivity index (χ3n) is 3.91. The fourth-order valence-electron chi connectivity index (χ4n) is 2.66. The largest absolute Gasteiger partial charge is 0.491 e. The lowest BCUT2D eigenvalue weighted by Crippen LogP contribution is -2.49. The van der Waals surface area contributed by atoms with Gasteiger partial charge < -0.3 is 14.4 Å².